The van der Waals surface area contributed by atoms with E-state index in [0.717, 1.165) is 16.7 Å². The minimum Gasteiger partial charge on any atom is -0.484 e. The molecule has 0 bridgehead atoms. The third-order valence-corrected chi connectivity index (χ3v) is 3.61. The van der Waals surface area contributed by atoms with Crippen LogP contribution in [0.2, 0.25) is 0 Å². The summed E-state index contributed by atoms with van der Waals surface area (Å²) in [6, 6.07) is 12.2. The van der Waals surface area contributed by atoms with E-state index in [1.54, 1.807) is 12.1 Å². The van der Waals surface area contributed by atoms with Crippen molar-refractivity contribution < 1.29 is 13.9 Å². The largest absolute Gasteiger partial charge is 0.484 e. The van der Waals surface area contributed by atoms with Crippen LogP contribution in [0.4, 0.5) is 4.39 Å². The third kappa shape index (κ3) is 5.40. The number of halogens is 1. The molecule has 1 N–H and O–H groups in total. The Balaban J connectivity index is 1.79. The summed E-state index contributed by atoms with van der Waals surface area (Å²) in [5.74, 6) is 0.384. The quantitative estimate of drug-likeness (QED) is 0.882. The van der Waals surface area contributed by atoms with E-state index in [-0.39, 0.29) is 24.2 Å². The standard InChI is InChI=1S/C19H22FNO2/c1-13-8-14(2)10-18(9-13)23-12-19(22)21-11-15(3)16-4-6-17(20)7-5-16/h4-10,15H,11-12H2,1-3H3,(H,21,22). The van der Waals surface area contributed by atoms with Crippen LogP contribution in [0, 0.1) is 19.7 Å². The molecule has 2 aromatic carbocycles. The van der Waals surface area contributed by atoms with Gasteiger partial charge in [0.25, 0.3) is 5.91 Å². The number of carbonyl (C=O) groups excluding carboxylic acids is 1. The lowest BCUT2D eigenvalue weighted by Crippen LogP contribution is -2.31. The number of nitrogens with one attached hydrogen (secondary N) is 1. The van der Waals surface area contributed by atoms with Gasteiger partial charge in [0.05, 0.1) is 0 Å². The molecule has 2 aromatic rings. The van der Waals surface area contributed by atoms with E-state index in [0.29, 0.717) is 12.3 Å². The van der Waals surface area contributed by atoms with Gasteiger partial charge >= 0.3 is 0 Å². The first-order chi connectivity index (χ1) is 10.9. The average molecular weight is 315 g/mol. The molecule has 3 nitrogen and oxygen atoms in total. The van der Waals surface area contributed by atoms with Gasteiger partial charge in [0.1, 0.15) is 11.6 Å². The molecule has 0 saturated heterocycles. The first-order valence-electron chi connectivity index (χ1n) is 7.67. The number of rotatable bonds is 6. The summed E-state index contributed by atoms with van der Waals surface area (Å²) >= 11 is 0. The smallest absolute Gasteiger partial charge is 0.257 e. The molecule has 0 aliphatic heterocycles. The fraction of sp³-hybridized carbons (Fsp3) is 0.316. The minimum atomic E-state index is -0.258. The first kappa shape index (κ1) is 17.0. The molecule has 0 aromatic heterocycles. The van der Waals surface area contributed by atoms with Crippen molar-refractivity contribution in [3.63, 3.8) is 0 Å². The van der Waals surface area contributed by atoms with Crippen LogP contribution in [0.15, 0.2) is 42.5 Å². The monoisotopic (exact) mass is 315 g/mol. The second kappa shape index (κ2) is 7.77. The van der Waals surface area contributed by atoms with Gasteiger partial charge in [0, 0.05) is 6.54 Å². The van der Waals surface area contributed by atoms with Crippen LogP contribution < -0.4 is 10.1 Å². The Hall–Kier alpha value is -2.36. The van der Waals surface area contributed by atoms with Crippen molar-refractivity contribution in [1.29, 1.82) is 0 Å². The molecule has 1 atom stereocenters. The van der Waals surface area contributed by atoms with Gasteiger partial charge in [-0.05, 0) is 60.7 Å². The molecule has 122 valence electrons. The Labute approximate surface area is 136 Å². The summed E-state index contributed by atoms with van der Waals surface area (Å²) in [7, 11) is 0. The predicted molar refractivity (Wildman–Crippen MR) is 89.2 cm³/mol. The highest BCUT2D eigenvalue weighted by atomic mass is 19.1. The zero-order valence-corrected chi connectivity index (χ0v) is 13.7. The van der Waals surface area contributed by atoms with Crippen LogP contribution in [-0.2, 0) is 4.79 Å². The van der Waals surface area contributed by atoms with Crippen molar-refractivity contribution in [1.82, 2.24) is 5.32 Å². The van der Waals surface area contributed by atoms with Gasteiger partial charge in [-0.15, -0.1) is 0 Å². The van der Waals surface area contributed by atoms with Crippen LogP contribution >= 0.6 is 0 Å². The molecule has 4 heteroatoms. The summed E-state index contributed by atoms with van der Waals surface area (Å²) in [5, 5.41) is 2.84. The lowest BCUT2D eigenvalue weighted by Gasteiger charge is -2.14. The maximum absolute atomic E-state index is 12.9. The molecule has 0 aliphatic carbocycles. The van der Waals surface area contributed by atoms with Crippen molar-refractivity contribution in [3.8, 4) is 5.75 Å². The minimum absolute atomic E-state index is 0.0149. The predicted octanol–water partition coefficient (Wildman–Crippen LogP) is 3.74. The molecule has 0 radical (unpaired) electrons. The molecule has 0 saturated carbocycles. The van der Waals surface area contributed by atoms with Gasteiger partial charge in [-0.1, -0.05) is 25.1 Å². The summed E-state index contributed by atoms with van der Waals surface area (Å²) in [6.45, 7) is 6.44. The number of amides is 1. The Morgan fingerprint density at radius 3 is 2.35 bits per heavy atom. The number of hydrogen-bond acceptors (Lipinski definition) is 2. The van der Waals surface area contributed by atoms with E-state index in [9.17, 15) is 9.18 Å². The van der Waals surface area contributed by atoms with Gasteiger partial charge in [0.2, 0.25) is 0 Å². The van der Waals surface area contributed by atoms with Gasteiger partial charge in [-0.2, -0.15) is 0 Å². The van der Waals surface area contributed by atoms with E-state index in [4.69, 9.17) is 4.74 Å². The highest BCUT2D eigenvalue weighted by molar-refractivity contribution is 5.77. The highest BCUT2D eigenvalue weighted by Crippen LogP contribution is 2.16. The molecular formula is C19H22FNO2. The summed E-state index contributed by atoms with van der Waals surface area (Å²) in [6.07, 6.45) is 0. The molecule has 2 rings (SSSR count). The second-order valence-corrected chi connectivity index (χ2v) is 5.87. The lowest BCUT2D eigenvalue weighted by molar-refractivity contribution is -0.123. The molecule has 0 fully saturated rings. The maximum atomic E-state index is 12.9. The van der Waals surface area contributed by atoms with E-state index < -0.39 is 0 Å². The Kier molecular flexibility index (Phi) is 5.74. The Bertz CT molecular complexity index is 647. The van der Waals surface area contributed by atoms with E-state index in [1.165, 1.54) is 12.1 Å². The van der Waals surface area contributed by atoms with Crippen molar-refractivity contribution >= 4 is 5.91 Å². The fourth-order valence-electron chi connectivity index (χ4n) is 2.39. The number of ether oxygens (including phenoxy) is 1. The molecule has 0 heterocycles. The van der Waals surface area contributed by atoms with Gasteiger partial charge < -0.3 is 10.1 Å². The Morgan fingerprint density at radius 1 is 1.13 bits per heavy atom. The van der Waals surface area contributed by atoms with Crippen molar-refractivity contribution in [2.24, 2.45) is 0 Å². The Morgan fingerprint density at radius 2 is 1.74 bits per heavy atom. The van der Waals surface area contributed by atoms with Gasteiger partial charge in [-0.25, -0.2) is 4.39 Å². The topological polar surface area (TPSA) is 38.3 Å². The SMILES string of the molecule is Cc1cc(C)cc(OCC(=O)NCC(C)c2ccc(F)cc2)c1. The second-order valence-electron chi connectivity index (χ2n) is 5.87. The number of benzene rings is 2. The summed E-state index contributed by atoms with van der Waals surface area (Å²) in [4.78, 5) is 11.9. The van der Waals surface area contributed by atoms with E-state index >= 15 is 0 Å². The highest BCUT2D eigenvalue weighted by Gasteiger charge is 2.09. The van der Waals surface area contributed by atoms with E-state index in [2.05, 4.69) is 11.4 Å². The maximum Gasteiger partial charge on any atom is 0.257 e. The van der Waals surface area contributed by atoms with Crippen LogP contribution in [0.5, 0.6) is 5.75 Å². The molecule has 0 aliphatic rings. The zero-order chi connectivity index (χ0) is 16.8. The van der Waals surface area contributed by atoms with E-state index in [1.807, 2.05) is 32.9 Å². The summed E-state index contributed by atoms with van der Waals surface area (Å²) in [5.41, 5.74) is 3.19. The molecular weight excluding hydrogens is 293 g/mol. The van der Waals surface area contributed by atoms with Crippen molar-refractivity contribution in [2.45, 2.75) is 26.7 Å². The average Bonchev–Trinajstić information content (AvgIpc) is 2.50. The first-order valence-corrected chi connectivity index (χ1v) is 7.67. The zero-order valence-electron chi connectivity index (χ0n) is 13.7. The van der Waals surface area contributed by atoms with Crippen LogP contribution in [0.3, 0.4) is 0 Å². The molecule has 1 amide bonds. The molecule has 23 heavy (non-hydrogen) atoms. The van der Waals surface area contributed by atoms with Crippen LogP contribution in [-0.4, -0.2) is 19.1 Å². The fourth-order valence-corrected chi connectivity index (χ4v) is 2.39. The summed E-state index contributed by atoms with van der Waals surface area (Å²) < 4.78 is 18.4. The third-order valence-electron chi connectivity index (χ3n) is 3.61. The van der Waals surface area contributed by atoms with Crippen molar-refractivity contribution in [2.75, 3.05) is 13.2 Å². The van der Waals surface area contributed by atoms with Crippen LogP contribution in [0.1, 0.15) is 29.5 Å². The molecule has 1 unspecified atom stereocenters. The number of aryl methyl sites for hydroxylation is 2. The van der Waals surface area contributed by atoms with Crippen LogP contribution in [0.25, 0.3) is 0 Å². The molecule has 0 spiro atoms. The van der Waals surface area contributed by atoms with Crippen molar-refractivity contribution in [3.05, 3.63) is 65.0 Å². The number of carbonyl (C=O) groups is 1. The van der Waals surface area contributed by atoms with Gasteiger partial charge in [0.15, 0.2) is 6.61 Å². The normalized spacial score (nSPS) is 11.8. The lowest BCUT2D eigenvalue weighted by atomic mass is 10.0. The number of hydrogen-bond donors (Lipinski definition) is 1. The van der Waals surface area contributed by atoms with Gasteiger partial charge in [-0.3, -0.25) is 4.79 Å².